The number of halogens is 6. The Morgan fingerprint density at radius 2 is 1.71 bits per heavy atom. The monoisotopic (exact) mass is 429 g/mol. The van der Waals surface area contributed by atoms with Crippen molar-refractivity contribution in [1.82, 2.24) is 14.5 Å². The summed E-state index contributed by atoms with van der Waals surface area (Å²) >= 11 is 0. The Labute approximate surface area is 155 Å². The van der Waals surface area contributed by atoms with Gasteiger partial charge in [0.25, 0.3) is 0 Å². The second kappa shape index (κ2) is 7.03. The Morgan fingerprint density at radius 1 is 1.04 bits per heavy atom. The molecular weight excluding hydrogens is 416 g/mol. The van der Waals surface area contributed by atoms with Crippen LogP contribution in [-0.2, 0) is 22.4 Å². The summed E-state index contributed by atoms with van der Waals surface area (Å²) in [5.74, 6) is -2.83. The number of alkyl halides is 6. The van der Waals surface area contributed by atoms with Crippen molar-refractivity contribution < 1.29 is 39.2 Å². The maximum Gasteiger partial charge on any atom is 0.470 e. The van der Waals surface area contributed by atoms with Crippen LogP contribution in [0.3, 0.4) is 0 Å². The number of benzene rings is 1. The van der Waals surface area contributed by atoms with E-state index in [-0.39, 0.29) is 25.9 Å². The van der Waals surface area contributed by atoms with Crippen LogP contribution < -0.4 is 0 Å². The van der Waals surface area contributed by atoms with Crippen LogP contribution in [0.15, 0.2) is 33.6 Å². The number of nitrogens with zero attached hydrogens (tertiary/aromatic N) is 3. The second-order valence-corrected chi connectivity index (χ2v) is 8.05. The SMILES string of the molecule is O=S(=O)(c1ccccc1C(F)(F)F)N1CCC[C@H](c2nnc(C(F)(F)F)o2)C1. The summed E-state index contributed by atoms with van der Waals surface area (Å²) in [6.45, 7) is -0.445. The molecule has 2 heterocycles. The van der Waals surface area contributed by atoms with Crippen molar-refractivity contribution in [2.45, 2.75) is 36.0 Å². The minimum absolute atomic E-state index is 0.0781. The molecule has 1 saturated heterocycles. The Kier molecular flexibility index (Phi) is 5.17. The number of hydrogen-bond acceptors (Lipinski definition) is 5. The van der Waals surface area contributed by atoms with Crippen LogP contribution in [0.4, 0.5) is 26.3 Å². The molecule has 0 bridgehead atoms. The first kappa shape index (κ1) is 20.6. The number of hydrogen-bond donors (Lipinski definition) is 0. The lowest BCUT2D eigenvalue weighted by Crippen LogP contribution is -2.39. The predicted molar refractivity (Wildman–Crippen MR) is 81.5 cm³/mol. The molecule has 1 aliphatic rings. The van der Waals surface area contributed by atoms with Gasteiger partial charge in [0.2, 0.25) is 15.9 Å². The molecule has 28 heavy (non-hydrogen) atoms. The highest BCUT2D eigenvalue weighted by molar-refractivity contribution is 7.89. The summed E-state index contributed by atoms with van der Waals surface area (Å²) in [5.41, 5.74) is -1.31. The number of sulfonamides is 1. The van der Waals surface area contributed by atoms with Crippen molar-refractivity contribution >= 4 is 10.0 Å². The number of piperidine rings is 1. The van der Waals surface area contributed by atoms with Crippen molar-refractivity contribution in [1.29, 1.82) is 0 Å². The molecule has 1 aliphatic heterocycles. The summed E-state index contributed by atoms with van der Waals surface area (Å²) in [6, 6.07) is 3.73. The second-order valence-electron chi connectivity index (χ2n) is 6.14. The van der Waals surface area contributed by atoms with Crippen molar-refractivity contribution in [3.05, 3.63) is 41.6 Å². The van der Waals surface area contributed by atoms with Gasteiger partial charge in [0.15, 0.2) is 0 Å². The zero-order valence-corrected chi connectivity index (χ0v) is 14.8. The predicted octanol–water partition coefficient (Wildman–Crippen LogP) is 3.68. The molecule has 0 radical (unpaired) electrons. The van der Waals surface area contributed by atoms with E-state index in [1.165, 1.54) is 0 Å². The van der Waals surface area contributed by atoms with Gasteiger partial charge in [-0.1, -0.05) is 12.1 Å². The normalized spacial score (nSPS) is 19.7. The Balaban J connectivity index is 1.89. The van der Waals surface area contributed by atoms with E-state index in [4.69, 9.17) is 0 Å². The van der Waals surface area contributed by atoms with E-state index in [2.05, 4.69) is 14.6 Å². The zero-order valence-electron chi connectivity index (χ0n) is 14.0. The third-order valence-electron chi connectivity index (χ3n) is 4.23. The Morgan fingerprint density at radius 3 is 2.32 bits per heavy atom. The van der Waals surface area contributed by atoms with Crippen molar-refractivity contribution in [3.63, 3.8) is 0 Å². The van der Waals surface area contributed by atoms with Crippen LogP contribution in [0.2, 0.25) is 0 Å². The van der Waals surface area contributed by atoms with Gasteiger partial charge >= 0.3 is 18.2 Å². The van der Waals surface area contributed by atoms with Crippen LogP contribution in [0, 0.1) is 0 Å². The van der Waals surface area contributed by atoms with E-state index in [0.29, 0.717) is 6.07 Å². The summed E-state index contributed by atoms with van der Waals surface area (Å²) in [5, 5.41) is 6.21. The highest BCUT2D eigenvalue weighted by Gasteiger charge is 2.42. The van der Waals surface area contributed by atoms with Crippen molar-refractivity contribution in [2.75, 3.05) is 13.1 Å². The van der Waals surface area contributed by atoms with Gasteiger partial charge in [-0.15, -0.1) is 10.2 Å². The fourth-order valence-corrected chi connectivity index (χ4v) is 4.68. The molecule has 1 aromatic carbocycles. The molecular formula is C15H13F6N3O3S. The largest absolute Gasteiger partial charge is 0.470 e. The summed E-state index contributed by atoms with van der Waals surface area (Å²) in [4.78, 5) is -0.912. The van der Waals surface area contributed by atoms with Crippen LogP contribution in [0.25, 0.3) is 0 Å². The molecule has 0 amide bonds. The molecule has 13 heteroatoms. The summed E-state index contributed by atoms with van der Waals surface area (Å²) < 4.78 is 108. The molecule has 1 fully saturated rings. The highest BCUT2D eigenvalue weighted by Crippen LogP contribution is 2.37. The van der Waals surface area contributed by atoms with Crippen LogP contribution in [0.1, 0.15) is 36.1 Å². The fraction of sp³-hybridized carbons (Fsp3) is 0.467. The quantitative estimate of drug-likeness (QED) is 0.696. The van der Waals surface area contributed by atoms with E-state index in [1.807, 2.05) is 0 Å². The first-order chi connectivity index (χ1) is 12.9. The lowest BCUT2D eigenvalue weighted by molar-refractivity contribution is -0.157. The smallest absolute Gasteiger partial charge is 0.417 e. The fourth-order valence-electron chi connectivity index (χ4n) is 2.94. The maximum atomic E-state index is 13.2. The standard InChI is InChI=1S/C15H13F6N3O3S/c16-14(17,18)10-5-1-2-6-11(10)28(25,26)24-7-3-4-9(8-24)12-22-23-13(27-12)15(19,20)21/h1-2,5-6,9H,3-4,7-8H2/t9-/m0/s1. The average Bonchev–Trinajstić information content (AvgIpc) is 3.12. The molecule has 0 unspecified atom stereocenters. The molecule has 154 valence electrons. The number of rotatable bonds is 3. The van der Waals surface area contributed by atoms with Gasteiger partial charge in [-0.2, -0.15) is 30.6 Å². The van der Waals surface area contributed by atoms with E-state index < -0.39 is 50.5 Å². The highest BCUT2D eigenvalue weighted by atomic mass is 32.2. The molecule has 0 aliphatic carbocycles. The van der Waals surface area contributed by atoms with Crippen LogP contribution in [0.5, 0.6) is 0 Å². The van der Waals surface area contributed by atoms with Crippen LogP contribution in [-0.4, -0.2) is 36.0 Å². The average molecular weight is 429 g/mol. The van der Waals surface area contributed by atoms with Gasteiger partial charge in [0, 0.05) is 13.1 Å². The first-order valence-electron chi connectivity index (χ1n) is 7.97. The molecule has 0 saturated carbocycles. The van der Waals surface area contributed by atoms with Crippen molar-refractivity contribution in [3.8, 4) is 0 Å². The van der Waals surface area contributed by atoms with Gasteiger partial charge in [-0.25, -0.2) is 8.42 Å². The molecule has 1 aromatic heterocycles. The minimum Gasteiger partial charge on any atom is -0.417 e. The summed E-state index contributed by atoms with van der Waals surface area (Å²) in [7, 11) is -4.54. The van der Waals surface area contributed by atoms with Crippen molar-refractivity contribution in [2.24, 2.45) is 0 Å². The lowest BCUT2D eigenvalue weighted by atomic mass is 10.00. The lowest BCUT2D eigenvalue weighted by Gasteiger charge is -2.31. The van der Waals surface area contributed by atoms with E-state index >= 15 is 0 Å². The molecule has 1 atom stereocenters. The van der Waals surface area contributed by atoms with Gasteiger partial charge < -0.3 is 4.42 Å². The van der Waals surface area contributed by atoms with E-state index in [0.717, 1.165) is 22.5 Å². The maximum absolute atomic E-state index is 13.2. The van der Waals surface area contributed by atoms with Gasteiger partial charge in [-0.05, 0) is 25.0 Å². The topological polar surface area (TPSA) is 76.3 Å². The van der Waals surface area contributed by atoms with Gasteiger partial charge in [-0.3, -0.25) is 0 Å². The Hall–Kier alpha value is -2.15. The minimum atomic E-state index is -4.88. The summed E-state index contributed by atoms with van der Waals surface area (Å²) in [6.07, 6.45) is -9.27. The van der Waals surface area contributed by atoms with E-state index in [1.54, 1.807) is 0 Å². The molecule has 0 N–H and O–H groups in total. The van der Waals surface area contributed by atoms with E-state index in [9.17, 15) is 34.8 Å². The third-order valence-corrected chi connectivity index (χ3v) is 6.15. The first-order valence-corrected chi connectivity index (χ1v) is 9.41. The molecule has 6 nitrogen and oxygen atoms in total. The number of aromatic nitrogens is 2. The molecule has 0 spiro atoms. The van der Waals surface area contributed by atoms with Gasteiger partial charge in [0.05, 0.1) is 16.4 Å². The van der Waals surface area contributed by atoms with Crippen LogP contribution >= 0.6 is 0 Å². The Bertz CT molecular complexity index is 954. The zero-order chi connectivity index (χ0) is 20.7. The molecule has 3 rings (SSSR count). The van der Waals surface area contributed by atoms with Gasteiger partial charge in [0.1, 0.15) is 0 Å². The third kappa shape index (κ3) is 3.99. The molecule has 2 aromatic rings.